The second kappa shape index (κ2) is 7.67. The van der Waals surface area contributed by atoms with Gasteiger partial charge in [-0.1, -0.05) is 47.6 Å². The van der Waals surface area contributed by atoms with Gasteiger partial charge in [-0.25, -0.2) is 4.98 Å². The van der Waals surface area contributed by atoms with Crippen LogP contribution in [0, 0.1) is 6.92 Å². The average Bonchev–Trinajstić information content (AvgIpc) is 2.96. The predicted molar refractivity (Wildman–Crippen MR) is 99.8 cm³/mol. The van der Waals surface area contributed by atoms with E-state index >= 15 is 0 Å². The molecule has 2 aromatic heterocycles. The van der Waals surface area contributed by atoms with E-state index in [2.05, 4.69) is 20.5 Å². The molecule has 3 rings (SSSR count). The number of hydrogen-bond acceptors (Lipinski definition) is 5. The highest BCUT2D eigenvalue weighted by Crippen LogP contribution is 2.25. The second-order valence-electron chi connectivity index (χ2n) is 5.38. The first-order chi connectivity index (χ1) is 12.0. The fraction of sp³-hybridized carbons (Fsp3) is 0.176. The SMILES string of the molecule is Cc1ccccc1-c1nnc(SCC(=O)Nc2ccc(Cl)cn2)n1C. The third-order valence-electron chi connectivity index (χ3n) is 3.55. The maximum Gasteiger partial charge on any atom is 0.236 e. The van der Waals surface area contributed by atoms with Gasteiger partial charge in [0.25, 0.3) is 0 Å². The first-order valence-corrected chi connectivity index (χ1v) is 8.90. The van der Waals surface area contributed by atoms with Crippen molar-refractivity contribution in [2.24, 2.45) is 7.05 Å². The van der Waals surface area contributed by atoms with Crippen LogP contribution in [0.2, 0.25) is 5.02 Å². The minimum absolute atomic E-state index is 0.166. The third kappa shape index (κ3) is 4.18. The molecular weight excluding hydrogens is 358 g/mol. The molecule has 0 fully saturated rings. The predicted octanol–water partition coefficient (Wildman–Crippen LogP) is 3.57. The van der Waals surface area contributed by atoms with E-state index in [0.29, 0.717) is 16.0 Å². The van der Waals surface area contributed by atoms with Crippen molar-refractivity contribution in [3.63, 3.8) is 0 Å². The Kier molecular flexibility index (Phi) is 5.35. The van der Waals surface area contributed by atoms with E-state index in [4.69, 9.17) is 11.6 Å². The largest absolute Gasteiger partial charge is 0.310 e. The number of nitrogens with zero attached hydrogens (tertiary/aromatic N) is 4. The Bertz CT molecular complexity index is 894. The summed E-state index contributed by atoms with van der Waals surface area (Å²) in [6.07, 6.45) is 1.49. The normalized spacial score (nSPS) is 10.7. The topological polar surface area (TPSA) is 72.7 Å². The highest BCUT2D eigenvalue weighted by atomic mass is 35.5. The number of amides is 1. The van der Waals surface area contributed by atoms with Crippen LogP contribution in [0.15, 0.2) is 47.8 Å². The number of aryl methyl sites for hydroxylation is 1. The third-order valence-corrected chi connectivity index (χ3v) is 4.79. The lowest BCUT2D eigenvalue weighted by atomic mass is 10.1. The molecule has 0 atom stereocenters. The fourth-order valence-corrected chi connectivity index (χ4v) is 3.08. The average molecular weight is 374 g/mol. The molecule has 0 aliphatic carbocycles. The smallest absolute Gasteiger partial charge is 0.236 e. The minimum atomic E-state index is -0.166. The summed E-state index contributed by atoms with van der Waals surface area (Å²) >= 11 is 7.10. The summed E-state index contributed by atoms with van der Waals surface area (Å²) in [6, 6.07) is 11.3. The van der Waals surface area contributed by atoms with Gasteiger partial charge in [-0.05, 0) is 24.6 Å². The maximum absolute atomic E-state index is 12.1. The fourth-order valence-electron chi connectivity index (χ4n) is 2.26. The van der Waals surface area contributed by atoms with E-state index in [9.17, 15) is 4.79 Å². The molecular formula is C17H16ClN5OS. The van der Waals surface area contributed by atoms with Crippen LogP contribution in [0.25, 0.3) is 11.4 Å². The summed E-state index contributed by atoms with van der Waals surface area (Å²) in [5.41, 5.74) is 2.15. The van der Waals surface area contributed by atoms with Crippen molar-refractivity contribution in [2.45, 2.75) is 12.1 Å². The van der Waals surface area contributed by atoms with Crippen LogP contribution in [-0.4, -0.2) is 31.4 Å². The van der Waals surface area contributed by atoms with Gasteiger partial charge in [0.15, 0.2) is 11.0 Å². The van der Waals surface area contributed by atoms with Crippen LogP contribution in [0.4, 0.5) is 5.82 Å². The summed E-state index contributed by atoms with van der Waals surface area (Å²) in [7, 11) is 1.89. The number of nitrogens with one attached hydrogen (secondary N) is 1. The Labute approximate surface area is 154 Å². The van der Waals surface area contributed by atoms with Crippen molar-refractivity contribution >= 4 is 35.1 Å². The quantitative estimate of drug-likeness (QED) is 0.692. The molecule has 0 unspecified atom stereocenters. The van der Waals surface area contributed by atoms with Gasteiger partial charge in [0.1, 0.15) is 5.82 Å². The molecule has 1 amide bonds. The lowest BCUT2D eigenvalue weighted by Gasteiger charge is -2.06. The molecule has 3 aromatic rings. The van der Waals surface area contributed by atoms with Gasteiger partial charge in [0, 0.05) is 18.8 Å². The number of halogens is 1. The maximum atomic E-state index is 12.1. The van der Waals surface area contributed by atoms with Crippen molar-refractivity contribution in [1.82, 2.24) is 19.7 Å². The van der Waals surface area contributed by atoms with Gasteiger partial charge in [-0.15, -0.1) is 10.2 Å². The molecule has 1 N–H and O–H groups in total. The van der Waals surface area contributed by atoms with Gasteiger partial charge in [0.05, 0.1) is 10.8 Å². The number of carbonyl (C=O) groups is 1. The lowest BCUT2D eigenvalue weighted by molar-refractivity contribution is -0.113. The first kappa shape index (κ1) is 17.4. The molecule has 2 heterocycles. The Morgan fingerprint density at radius 3 is 2.76 bits per heavy atom. The number of aromatic nitrogens is 4. The summed E-state index contributed by atoms with van der Waals surface area (Å²) < 4.78 is 1.89. The monoisotopic (exact) mass is 373 g/mol. The number of benzene rings is 1. The summed E-state index contributed by atoms with van der Waals surface area (Å²) in [5.74, 6) is 1.29. The molecule has 0 spiro atoms. The van der Waals surface area contributed by atoms with E-state index < -0.39 is 0 Å². The molecule has 0 aliphatic rings. The van der Waals surface area contributed by atoms with Gasteiger partial charge >= 0.3 is 0 Å². The first-order valence-electron chi connectivity index (χ1n) is 7.54. The summed E-state index contributed by atoms with van der Waals surface area (Å²) in [5, 5.41) is 12.4. The molecule has 1 aromatic carbocycles. The Balaban J connectivity index is 1.65. The van der Waals surface area contributed by atoms with Crippen LogP contribution in [0.5, 0.6) is 0 Å². The molecule has 0 aliphatic heterocycles. The van der Waals surface area contributed by atoms with E-state index in [1.807, 2.05) is 42.8 Å². The van der Waals surface area contributed by atoms with Crippen LogP contribution in [0.1, 0.15) is 5.56 Å². The van der Waals surface area contributed by atoms with Crippen LogP contribution >= 0.6 is 23.4 Å². The number of rotatable bonds is 5. The van der Waals surface area contributed by atoms with E-state index in [1.54, 1.807) is 12.1 Å². The van der Waals surface area contributed by atoms with E-state index in [1.165, 1.54) is 18.0 Å². The highest BCUT2D eigenvalue weighted by Gasteiger charge is 2.14. The number of anilines is 1. The molecule has 0 radical (unpaired) electrons. The molecule has 6 nitrogen and oxygen atoms in total. The Hall–Kier alpha value is -2.38. The van der Waals surface area contributed by atoms with Crippen molar-refractivity contribution in [3.05, 3.63) is 53.2 Å². The standard InChI is InChI=1S/C17H16ClN5OS/c1-11-5-3-4-6-13(11)16-21-22-17(23(16)2)25-10-15(24)20-14-8-7-12(18)9-19-14/h3-9H,10H2,1-2H3,(H,19,20,24). The number of pyridine rings is 1. The van der Waals surface area contributed by atoms with Crippen molar-refractivity contribution in [1.29, 1.82) is 0 Å². The van der Waals surface area contributed by atoms with Crippen molar-refractivity contribution in [3.8, 4) is 11.4 Å². The zero-order chi connectivity index (χ0) is 17.8. The molecule has 128 valence electrons. The Morgan fingerprint density at radius 1 is 1.24 bits per heavy atom. The summed E-state index contributed by atoms with van der Waals surface area (Å²) in [4.78, 5) is 16.1. The zero-order valence-electron chi connectivity index (χ0n) is 13.7. The zero-order valence-corrected chi connectivity index (χ0v) is 15.3. The number of hydrogen-bond donors (Lipinski definition) is 1. The van der Waals surface area contributed by atoms with Crippen LogP contribution in [0.3, 0.4) is 0 Å². The van der Waals surface area contributed by atoms with Crippen molar-refractivity contribution < 1.29 is 4.79 Å². The second-order valence-corrected chi connectivity index (χ2v) is 6.76. The molecule has 0 saturated carbocycles. The lowest BCUT2D eigenvalue weighted by Crippen LogP contribution is -2.15. The highest BCUT2D eigenvalue weighted by molar-refractivity contribution is 7.99. The van der Waals surface area contributed by atoms with E-state index in [0.717, 1.165) is 17.0 Å². The van der Waals surface area contributed by atoms with Crippen molar-refractivity contribution in [2.75, 3.05) is 11.1 Å². The van der Waals surface area contributed by atoms with Gasteiger partial charge in [0.2, 0.25) is 5.91 Å². The number of carbonyl (C=O) groups excluding carboxylic acids is 1. The molecule has 0 saturated heterocycles. The van der Waals surface area contributed by atoms with E-state index in [-0.39, 0.29) is 11.7 Å². The van der Waals surface area contributed by atoms with Crippen LogP contribution in [-0.2, 0) is 11.8 Å². The number of thioether (sulfide) groups is 1. The molecule has 0 bridgehead atoms. The minimum Gasteiger partial charge on any atom is -0.310 e. The van der Waals surface area contributed by atoms with Crippen LogP contribution < -0.4 is 5.32 Å². The summed E-state index contributed by atoms with van der Waals surface area (Å²) in [6.45, 7) is 2.03. The van der Waals surface area contributed by atoms with Gasteiger partial charge in [-0.3, -0.25) is 4.79 Å². The Morgan fingerprint density at radius 2 is 2.04 bits per heavy atom. The van der Waals surface area contributed by atoms with Gasteiger partial charge < -0.3 is 9.88 Å². The molecule has 25 heavy (non-hydrogen) atoms. The molecule has 8 heteroatoms. The van der Waals surface area contributed by atoms with Gasteiger partial charge in [-0.2, -0.15) is 0 Å².